The molecule has 2 aromatic rings. The number of fused-ring (bicyclic) bond motifs is 1. The Balaban J connectivity index is 1.94. The number of aliphatic hydroxyl groups is 1. The zero-order valence-corrected chi connectivity index (χ0v) is 15.4. The van der Waals surface area contributed by atoms with Crippen LogP contribution in [0.15, 0.2) is 41.9 Å². The van der Waals surface area contributed by atoms with Crippen LogP contribution in [0.2, 0.25) is 0 Å². The minimum atomic E-state index is -0.262. The fraction of sp³-hybridized carbons (Fsp3) is 0.450. The third kappa shape index (κ3) is 2.65. The topological polar surface area (TPSA) is 71.2 Å². The van der Waals surface area contributed by atoms with Gasteiger partial charge < -0.3 is 10.0 Å². The molecule has 1 unspecified atom stereocenters. The van der Waals surface area contributed by atoms with Crippen LogP contribution in [0.4, 0.5) is 5.95 Å². The second-order valence-corrected chi connectivity index (χ2v) is 7.99. The Morgan fingerprint density at radius 1 is 1.23 bits per heavy atom. The van der Waals surface area contributed by atoms with Gasteiger partial charge in [-0.05, 0) is 24.3 Å². The fourth-order valence-electron chi connectivity index (χ4n) is 4.11. The van der Waals surface area contributed by atoms with Gasteiger partial charge in [0, 0.05) is 24.2 Å². The van der Waals surface area contributed by atoms with Crippen molar-refractivity contribution in [3.63, 3.8) is 0 Å². The molecule has 1 atom stereocenters. The summed E-state index contributed by atoms with van der Waals surface area (Å²) in [4.78, 5) is 19.6. The molecule has 2 aliphatic rings. The van der Waals surface area contributed by atoms with E-state index in [0.717, 1.165) is 23.3 Å². The maximum Gasteiger partial charge on any atom is 0.229 e. The Kier molecular flexibility index (Phi) is 3.95. The number of nitrogens with zero attached hydrogens (tertiary/aromatic N) is 4. The van der Waals surface area contributed by atoms with Crippen LogP contribution in [0.5, 0.6) is 0 Å². The number of aryl methyl sites for hydroxylation is 1. The standard InChI is InChI=1S/C20H24N4O2/c1-13-4-6-14(7-5-13)18-17-15(10-20(2,3)11-16(17)26)23(8-9-25)19-21-12-22-24(18)19/h4-7,12,18,25H,8-11H2,1-3H3. The lowest BCUT2D eigenvalue weighted by atomic mass is 9.72. The first kappa shape index (κ1) is 17.0. The molecular formula is C20H24N4O2. The average molecular weight is 352 g/mol. The van der Waals surface area contributed by atoms with Crippen LogP contribution in [0, 0.1) is 12.3 Å². The second-order valence-electron chi connectivity index (χ2n) is 7.99. The van der Waals surface area contributed by atoms with Crippen molar-refractivity contribution in [2.75, 3.05) is 18.1 Å². The predicted molar refractivity (Wildman–Crippen MR) is 98.8 cm³/mol. The van der Waals surface area contributed by atoms with E-state index >= 15 is 0 Å². The maximum absolute atomic E-state index is 13.2. The van der Waals surface area contributed by atoms with Gasteiger partial charge in [0.2, 0.25) is 5.95 Å². The lowest BCUT2D eigenvalue weighted by Crippen LogP contribution is -2.43. The molecule has 1 aromatic carbocycles. The number of hydrogen-bond donors (Lipinski definition) is 1. The molecule has 136 valence electrons. The highest BCUT2D eigenvalue weighted by molar-refractivity contribution is 6.00. The number of carbonyl (C=O) groups is 1. The van der Waals surface area contributed by atoms with E-state index in [1.807, 2.05) is 16.5 Å². The third-order valence-electron chi connectivity index (χ3n) is 5.25. The number of carbonyl (C=O) groups excluding carboxylic acids is 1. The van der Waals surface area contributed by atoms with E-state index in [0.29, 0.717) is 18.9 Å². The Morgan fingerprint density at radius 3 is 2.65 bits per heavy atom. The highest BCUT2D eigenvalue weighted by Gasteiger charge is 2.44. The van der Waals surface area contributed by atoms with Gasteiger partial charge >= 0.3 is 0 Å². The summed E-state index contributed by atoms with van der Waals surface area (Å²) in [6.07, 6.45) is 2.82. The lowest BCUT2D eigenvalue weighted by molar-refractivity contribution is -0.118. The first-order chi connectivity index (χ1) is 12.4. The van der Waals surface area contributed by atoms with Crippen LogP contribution in [0.1, 0.15) is 43.9 Å². The summed E-state index contributed by atoms with van der Waals surface area (Å²) in [5.74, 6) is 0.847. The average Bonchev–Trinajstić information content (AvgIpc) is 3.05. The minimum Gasteiger partial charge on any atom is -0.395 e. The van der Waals surface area contributed by atoms with Gasteiger partial charge in [0.15, 0.2) is 5.78 Å². The number of Topliss-reactive ketones (excluding diaryl/α,β-unsaturated/α-hetero) is 1. The molecule has 1 N–H and O–H groups in total. The number of aromatic nitrogens is 3. The second kappa shape index (κ2) is 6.06. The van der Waals surface area contributed by atoms with Gasteiger partial charge in [-0.15, -0.1) is 0 Å². The number of aliphatic hydroxyl groups excluding tert-OH is 1. The molecule has 1 aromatic heterocycles. The molecule has 0 fully saturated rings. The number of rotatable bonds is 3. The molecule has 0 spiro atoms. The van der Waals surface area contributed by atoms with Crippen LogP contribution in [-0.2, 0) is 4.79 Å². The van der Waals surface area contributed by atoms with Gasteiger partial charge in [0.25, 0.3) is 0 Å². The highest BCUT2D eigenvalue weighted by Crippen LogP contribution is 2.47. The molecule has 4 rings (SSSR count). The number of benzene rings is 1. The molecule has 1 aliphatic carbocycles. The normalized spacial score (nSPS) is 21.6. The maximum atomic E-state index is 13.2. The summed E-state index contributed by atoms with van der Waals surface area (Å²) in [6, 6.07) is 7.98. The van der Waals surface area contributed by atoms with Crippen molar-refractivity contribution in [1.29, 1.82) is 0 Å². The fourth-order valence-corrected chi connectivity index (χ4v) is 4.11. The Morgan fingerprint density at radius 2 is 1.96 bits per heavy atom. The van der Waals surface area contributed by atoms with Gasteiger partial charge in [-0.3, -0.25) is 4.79 Å². The molecule has 6 nitrogen and oxygen atoms in total. The Hall–Kier alpha value is -2.47. The highest BCUT2D eigenvalue weighted by atomic mass is 16.3. The summed E-state index contributed by atoms with van der Waals surface area (Å²) >= 11 is 0. The number of hydrogen-bond acceptors (Lipinski definition) is 5. The van der Waals surface area contributed by atoms with Crippen LogP contribution in [0.25, 0.3) is 0 Å². The quantitative estimate of drug-likeness (QED) is 0.919. The largest absolute Gasteiger partial charge is 0.395 e. The van der Waals surface area contributed by atoms with Crippen LogP contribution in [0.3, 0.4) is 0 Å². The molecule has 0 saturated heterocycles. The Bertz CT molecular complexity index is 879. The van der Waals surface area contributed by atoms with Gasteiger partial charge in [-0.25, -0.2) is 4.68 Å². The van der Waals surface area contributed by atoms with Gasteiger partial charge in [0.1, 0.15) is 12.4 Å². The summed E-state index contributed by atoms with van der Waals surface area (Å²) in [5, 5.41) is 14.0. The summed E-state index contributed by atoms with van der Waals surface area (Å²) < 4.78 is 1.81. The first-order valence-corrected chi connectivity index (χ1v) is 9.02. The van der Waals surface area contributed by atoms with Gasteiger partial charge in [-0.1, -0.05) is 43.7 Å². The Labute approximate surface area is 153 Å². The van der Waals surface area contributed by atoms with Crippen LogP contribution in [-0.4, -0.2) is 38.8 Å². The van der Waals surface area contributed by atoms with E-state index in [-0.39, 0.29) is 23.8 Å². The summed E-state index contributed by atoms with van der Waals surface area (Å²) in [5.41, 5.74) is 3.87. The van der Waals surface area contributed by atoms with E-state index in [4.69, 9.17) is 0 Å². The first-order valence-electron chi connectivity index (χ1n) is 9.02. The molecule has 0 radical (unpaired) electrons. The van der Waals surface area contributed by atoms with Crippen molar-refractivity contribution in [2.45, 2.75) is 39.7 Å². The molecule has 26 heavy (non-hydrogen) atoms. The van der Waals surface area contributed by atoms with Crippen molar-refractivity contribution in [2.24, 2.45) is 5.41 Å². The van der Waals surface area contributed by atoms with Crippen molar-refractivity contribution in [3.05, 3.63) is 53.0 Å². The molecule has 0 bridgehead atoms. The molecule has 0 amide bonds. The zero-order valence-electron chi connectivity index (χ0n) is 15.4. The predicted octanol–water partition coefficient (Wildman–Crippen LogP) is 2.63. The monoisotopic (exact) mass is 352 g/mol. The van der Waals surface area contributed by atoms with Gasteiger partial charge in [0.05, 0.1) is 6.61 Å². The van der Waals surface area contributed by atoms with Crippen molar-refractivity contribution in [3.8, 4) is 0 Å². The van der Waals surface area contributed by atoms with E-state index < -0.39 is 0 Å². The summed E-state index contributed by atoms with van der Waals surface area (Å²) in [6.45, 7) is 6.68. The molecule has 2 heterocycles. The number of ketones is 1. The van der Waals surface area contributed by atoms with Crippen molar-refractivity contribution in [1.82, 2.24) is 14.8 Å². The minimum absolute atomic E-state index is 0.00649. The van der Waals surface area contributed by atoms with Crippen molar-refractivity contribution < 1.29 is 9.90 Å². The number of allylic oxidation sites excluding steroid dienone is 2. The molecular weight excluding hydrogens is 328 g/mol. The smallest absolute Gasteiger partial charge is 0.229 e. The zero-order chi connectivity index (χ0) is 18.5. The number of β-amino-alcohol motifs (C(OH)–C–C–N with tert-alkyl or cyclic N) is 1. The molecule has 1 aliphatic heterocycles. The van der Waals surface area contributed by atoms with E-state index in [9.17, 15) is 9.90 Å². The van der Waals surface area contributed by atoms with E-state index in [1.54, 1.807) is 0 Å². The van der Waals surface area contributed by atoms with Crippen LogP contribution < -0.4 is 4.90 Å². The molecule has 6 heteroatoms. The van der Waals surface area contributed by atoms with E-state index in [2.05, 4.69) is 48.2 Å². The number of anilines is 1. The SMILES string of the molecule is Cc1ccc(C2C3=C(CC(C)(C)CC3=O)N(CCO)c3ncnn32)cc1. The third-order valence-corrected chi connectivity index (χ3v) is 5.25. The van der Waals surface area contributed by atoms with Crippen molar-refractivity contribution >= 4 is 11.7 Å². The van der Waals surface area contributed by atoms with Crippen LogP contribution >= 0.6 is 0 Å². The van der Waals surface area contributed by atoms with Gasteiger partial charge in [-0.2, -0.15) is 10.1 Å². The van der Waals surface area contributed by atoms with E-state index in [1.165, 1.54) is 11.9 Å². The lowest BCUT2D eigenvalue weighted by Gasteiger charge is -2.43. The summed E-state index contributed by atoms with van der Waals surface area (Å²) in [7, 11) is 0. The molecule has 0 saturated carbocycles.